The van der Waals surface area contributed by atoms with E-state index >= 15 is 0 Å². The average molecular weight is 288 g/mol. The van der Waals surface area contributed by atoms with Gasteiger partial charge in [-0.15, -0.1) is 0 Å². The Balaban J connectivity index is 2.29. The van der Waals surface area contributed by atoms with Crippen molar-refractivity contribution in [3.05, 3.63) is 65.2 Å². The first-order chi connectivity index (χ1) is 9.72. The van der Waals surface area contributed by atoms with Crippen molar-refractivity contribution in [1.29, 1.82) is 0 Å². The smallest absolute Gasteiger partial charge is 0.258 e. The summed E-state index contributed by atoms with van der Waals surface area (Å²) in [5.74, 6) is -0.00727. The van der Waals surface area contributed by atoms with Crippen LogP contribution in [-0.2, 0) is 0 Å². The lowest BCUT2D eigenvalue weighted by Crippen LogP contribution is -2.31. The summed E-state index contributed by atoms with van der Waals surface area (Å²) in [6.07, 6.45) is 2.02. The predicted molar refractivity (Wildman–Crippen MR) is 84.5 cm³/mol. The number of anilines is 1. The molecule has 0 aromatic heterocycles. The summed E-state index contributed by atoms with van der Waals surface area (Å²) < 4.78 is 0. The molecule has 2 nitrogen and oxygen atoms in total. The van der Waals surface area contributed by atoms with E-state index in [1.54, 1.807) is 24.3 Å². The monoisotopic (exact) mass is 287 g/mol. The highest BCUT2D eigenvalue weighted by Crippen LogP contribution is 2.19. The molecule has 0 fully saturated rings. The van der Waals surface area contributed by atoms with Gasteiger partial charge in [-0.2, -0.15) is 0 Å². The van der Waals surface area contributed by atoms with Crippen LogP contribution in [0, 0.1) is 0 Å². The summed E-state index contributed by atoms with van der Waals surface area (Å²) in [5, 5.41) is 0.583. The van der Waals surface area contributed by atoms with Crippen molar-refractivity contribution in [3.8, 4) is 0 Å². The minimum absolute atomic E-state index is 0.00727. The van der Waals surface area contributed by atoms with Gasteiger partial charge in [0, 0.05) is 22.8 Å². The van der Waals surface area contributed by atoms with Crippen molar-refractivity contribution in [2.24, 2.45) is 0 Å². The van der Waals surface area contributed by atoms with Gasteiger partial charge in [0.15, 0.2) is 0 Å². The Bertz CT molecular complexity index is 568. The summed E-state index contributed by atoms with van der Waals surface area (Å²) >= 11 is 5.97. The Morgan fingerprint density at radius 1 is 1.10 bits per heavy atom. The standard InChI is InChI=1S/C17H18ClNO/c1-2-3-12-19(16-10-5-4-6-11-16)17(20)14-8-7-9-15(18)13-14/h4-11,13H,2-3,12H2,1H3. The number of rotatable bonds is 5. The lowest BCUT2D eigenvalue weighted by Gasteiger charge is -2.23. The van der Waals surface area contributed by atoms with Crippen LogP contribution in [0.5, 0.6) is 0 Å². The SMILES string of the molecule is CCCCN(C(=O)c1cccc(Cl)c1)c1ccccc1. The van der Waals surface area contributed by atoms with Crippen LogP contribution in [0.4, 0.5) is 5.69 Å². The fourth-order valence-electron chi connectivity index (χ4n) is 2.05. The van der Waals surface area contributed by atoms with Gasteiger partial charge in [-0.05, 0) is 36.8 Å². The molecule has 20 heavy (non-hydrogen) atoms. The van der Waals surface area contributed by atoms with Crippen molar-refractivity contribution < 1.29 is 4.79 Å². The van der Waals surface area contributed by atoms with Gasteiger partial charge in [0.25, 0.3) is 5.91 Å². The molecule has 0 saturated heterocycles. The number of unbranched alkanes of at least 4 members (excludes halogenated alkanes) is 1. The molecule has 1 amide bonds. The minimum Gasteiger partial charge on any atom is -0.308 e. The molecule has 0 bridgehead atoms. The van der Waals surface area contributed by atoms with Gasteiger partial charge in [0.2, 0.25) is 0 Å². The molecule has 104 valence electrons. The molecule has 0 radical (unpaired) electrons. The van der Waals surface area contributed by atoms with E-state index in [9.17, 15) is 4.79 Å². The van der Waals surface area contributed by atoms with E-state index in [-0.39, 0.29) is 5.91 Å². The second-order valence-corrected chi connectivity index (χ2v) is 5.09. The summed E-state index contributed by atoms with van der Waals surface area (Å²) in [7, 11) is 0. The first-order valence-corrected chi connectivity index (χ1v) is 7.22. The molecule has 3 heteroatoms. The van der Waals surface area contributed by atoms with Gasteiger partial charge in [0.1, 0.15) is 0 Å². The Labute approximate surface area is 125 Å². The second-order valence-electron chi connectivity index (χ2n) is 4.66. The number of carbonyl (C=O) groups excluding carboxylic acids is 1. The average Bonchev–Trinajstić information content (AvgIpc) is 2.48. The van der Waals surface area contributed by atoms with Crippen molar-refractivity contribution in [1.82, 2.24) is 0 Å². The number of para-hydroxylation sites is 1. The highest BCUT2D eigenvalue weighted by atomic mass is 35.5. The van der Waals surface area contributed by atoms with Crippen molar-refractivity contribution in [2.75, 3.05) is 11.4 Å². The van der Waals surface area contributed by atoms with Crippen LogP contribution < -0.4 is 4.90 Å². The number of amides is 1. The minimum atomic E-state index is -0.00727. The molecule has 2 rings (SSSR count). The topological polar surface area (TPSA) is 20.3 Å². The van der Waals surface area contributed by atoms with Crippen molar-refractivity contribution >= 4 is 23.2 Å². The molecule has 0 atom stereocenters. The number of nitrogens with zero attached hydrogens (tertiary/aromatic N) is 1. The Kier molecular flexibility index (Phi) is 5.19. The number of carbonyl (C=O) groups is 1. The highest BCUT2D eigenvalue weighted by molar-refractivity contribution is 6.31. The van der Waals surface area contributed by atoms with Gasteiger partial charge in [-0.25, -0.2) is 0 Å². The molecule has 0 aliphatic carbocycles. The molecule has 0 unspecified atom stereocenters. The summed E-state index contributed by atoms with van der Waals surface area (Å²) in [5.41, 5.74) is 1.54. The second kappa shape index (κ2) is 7.11. The van der Waals surface area contributed by atoms with E-state index in [0.29, 0.717) is 17.1 Å². The van der Waals surface area contributed by atoms with Crippen molar-refractivity contribution in [2.45, 2.75) is 19.8 Å². The number of halogens is 1. The Hall–Kier alpha value is -1.80. The molecule has 0 heterocycles. The molecule has 0 aliphatic heterocycles. The van der Waals surface area contributed by atoms with Gasteiger partial charge >= 0.3 is 0 Å². The first-order valence-electron chi connectivity index (χ1n) is 6.85. The van der Waals surface area contributed by atoms with E-state index in [2.05, 4.69) is 6.92 Å². The van der Waals surface area contributed by atoms with Crippen LogP contribution in [0.15, 0.2) is 54.6 Å². The molecule has 0 N–H and O–H groups in total. The van der Waals surface area contributed by atoms with Gasteiger partial charge in [0.05, 0.1) is 0 Å². The lowest BCUT2D eigenvalue weighted by atomic mass is 10.1. The van der Waals surface area contributed by atoms with Crippen LogP contribution in [0.3, 0.4) is 0 Å². The van der Waals surface area contributed by atoms with Crippen molar-refractivity contribution in [3.63, 3.8) is 0 Å². The number of hydrogen-bond acceptors (Lipinski definition) is 1. The summed E-state index contributed by atoms with van der Waals surface area (Å²) in [4.78, 5) is 14.5. The first kappa shape index (κ1) is 14.6. The molecule has 2 aromatic rings. The summed E-state index contributed by atoms with van der Waals surface area (Å²) in [6, 6.07) is 16.8. The Morgan fingerprint density at radius 2 is 1.85 bits per heavy atom. The molecular formula is C17H18ClNO. The van der Waals surface area contributed by atoms with Gasteiger partial charge in [-0.3, -0.25) is 4.79 Å². The predicted octanol–water partition coefficient (Wildman–Crippen LogP) is 4.79. The highest BCUT2D eigenvalue weighted by Gasteiger charge is 2.17. The van der Waals surface area contributed by atoms with Gasteiger partial charge < -0.3 is 4.90 Å². The van der Waals surface area contributed by atoms with E-state index in [0.717, 1.165) is 18.5 Å². The lowest BCUT2D eigenvalue weighted by molar-refractivity contribution is 0.0986. The van der Waals surface area contributed by atoms with Crippen LogP contribution in [-0.4, -0.2) is 12.5 Å². The quantitative estimate of drug-likeness (QED) is 0.774. The number of hydrogen-bond donors (Lipinski definition) is 0. The van der Waals surface area contributed by atoms with Crippen LogP contribution in [0.25, 0.3) is 0 Å². The largest absolute Gasteiger partial charge is 0.308 e. The van der Waals surface area contributed by atoms with Crippen LogP contribution in [0.1, 0.15) is 30.1 Å². The zero-order chi connectivity index (χ0) is 14.4. The third-order valence-corrected chi connectivity index (χ3v) is 3.35. The van der Waals surface area contributed by atoms with E-state index in [1.807, 2.05) is 35.2 Å². The zero-order valence-corrected chi connectivity index (χ0v) is 12.3. The van der Waals surface area contributed by atoms with E-state index in [1.165, 1.54) is 0 Å². The third-order valence-electron chi connectivity index (χ3n) is 3.12. The number of benzene rings is 2. The van der Waals surface area contributed by atoms with Gasteiger partial charge in [-0.1, -0.05) is 49.2 Å². The fourth-order valence-corrected chi connectivity index (χ4v) is 2.24. The molecule has 0 spiro atoms. The fraction of sp³-hybridized carbons (Fsp3) is 0.235. The third kappa shape index (κ3) is 3.61. The molecule has 2 aromatic carbocycles. The summed E-state index contributed by atoms with van der Waals surface area (Å²) in [6.45, 7) is 2.83. The molecule has 0 saturated carbocycles. The molecule has 0 aliphatic rings. The maximum absolute atomic E-state index is 12.7. The maximum Gasteiger partial charge on any atom is 0.258 e. The van der Waals surface area contributed by atoms with E-state index < -0.39 is 0 Å². The van der Waals surface area contributed by atoms with Crippen LogP contribution in [0.2, 0.25) is 5.02 Å². The normalized spacial score (nSPS) is 10.3. The zero-order valence-electron chi connectivity index (χ0n) is 11.6. The maximum atomic E-state index is 12.7. The van der Waals surface area contributed by atoms with E-state index in [4.69, 9.17) is 11.6 Å². The molecular weight excluding hydrogens is 270 g/mol. The van der Waals surface area contributed by atoms with Crippen LogP contribution >= 0.6 is 11.6 Å². The Morgan fingerprint density at radius 3 is 2.50 bits per heavy atom.